The maximum absolute atomic E-state index is 12.0. The van der Waals surface area contributed by atoms with Crippen LogP contribution < -0.4 is 16.0 Å². The zero-order chi connectivity index (χ0) is 14.7. The van der Waals surface area contributed by atoms with Gasteiger partial charge in [0.2, 0.25) is 0 Å². The van der Waals surface area contributed by atoms with E-state index in [1.807, 2.05) is 6.92 Å². The molecule has 20 heavy (non-hydrogen) atoms. The molecule has 5 nitrogen and oxygen atoms in total. The van der Waals surface area contributed by atoms with Crippen LogP contribution in [0.5, 0.6) is 0 Å². The van der Waals surface area contributed by atoms with Crippen LogP contribution in [0.15, 0.2) is 0 Å². The number of rotatable bonds is 6. The van der Waals surface area contributed by atoms with E-state index in [1.54, 1.807) is 0 Å². The lowest BCUT2D eigenvalue weighted by molar-refractivity contribution is 0.0960. The number of anilines is 2. The third-order valence-electron chi connectivity index (χ3n) is 3.43. The molecule has 1 heterocycles. The highest BCUT2D eigenvalue weighted by molar-refractivity contribution is 7.19. The van der Waals surface area contributed by atoms with Gasteiger partial charge in [0.05, 0.1) is 5.69 Å². The number of hydrogen-bond donors (Lipinski definition) is 2. The third kappa shape index (κ3) is 2.88. The van der Waals surface area contributed by atoms with Crippen LogP contribution in [0.25, 0.3) is 0 Å². The van der Waals surface area contributed by atoms with Gasteiger partial charge >= 0.3 is 0 Å². The molecule has 1 aromatic rings. The number of nitriles is 1. The number of amides is 1. The van der Waals surface area contributed by atoms with E-state index in [1.165, 1.54) is 24.2 Å². The Hall–Kier alpha value is -1.74. The van der Waals surface area contributed by atoms with E-state index < -0.39 is 0 Å². The molecule has 108 valence electrons. The number of thiophene rings is 1. The fraction of sp³-hybridized carbons (Fsp3) is 0.571. The average Bonchev–Trinajstić information content (AvgIpc) is 3.19. The first-order valence-electron chi connectivity index (χ1n) is 6.97. The van der Waals surface area contributed by atoms with Crippen LogP contribution in [0.2, 0.25) is 0 Å². The maximum Gasteiger partial charge on any atom is 0.263 e. The van der Waals surface area contributed by atoms with Crippen molar-refractivity contribution < 1.29 is 4.79 Å². The van der Waals surface area contributed by atoms with E-state index in [2.05, 4.69) is 23.2 Å². The Labute approximate surface area is 123 Å². The van der Waals surface area contributed by atoms with Crippen molar-refractivity contribution in [2.45, 2.75) is 26.7 Å². The normalized spacial score (nSPS) is 13.8. The van der Waals surface area contributed by atoms with Gasteiger partial charge in [-0.25, -0.2) is 0 Å². The summed E-state index contributed by atoms with van der Waals surface area (Å²) in [4.78, 5) is 14.6. The molecule has 0 spiro atoms. The first kappa shape index (κ1) is 14.7. The predicted octanol–water partition coefficient (Wildman–Crippen LogP) is 2.19. The lowest BCUT2D eigenvalue weighted by Gasteiger charge is -2.21. The highest BCUT2D eigenvalue weighted by Gasteiger charge is 2.28. The fourth-order valence-corrected chi connectivity index (χ4v) is 3.30. The maximum atomic E-state index is 12.0. The summed E-state index contributed by atoms with van der Waals surface area (Å²) in [6.07, 6.45) is 2.50. The third-order valence-corrected chi connectivity index (χ3v) is 4.69. The van der Waals surface area contributed by atoms with Crippen molar-refractivity contribution >= 4 is 27.9 Å². The van der Waals surface area contributed by atoms with E-state index in [0.29, 0.717) is 22.7 Å². The van der Waals surface area contributed by atoms with Gasteiger partial charge in [-0.15, -0.1) is 11.3 Å². The molecule has 0 aromatic carbocycles. The topological polar surface area (TPSA) is 82.2 Å². The molecule has 6 heteroatoms. The molecule has 1 aliphatic rings. The first-order chi connectivity index (χ1) is 9.62. The van der Waals surface area contributed by atoms with Crippen LogP contribution in [-0.2, 0) is 0 Å². The molecule has 0 unspecified atom stereocenters. The fourth-order valence-electron chi connectivity index (χ4n) is 2.14. The number of nitrogen functional groups attached to an aromatic ring is 1. The lowest BCUT2D eigenvalue weighted by atomic mass is 10.2. The zero-order valence-corrected chi connectivity index (χ0v) is 12.7. The van der Waals surface area contributed by atoms with Crippen LogP contribution in [0.1, 0.15) is 41.9 Å². The molecule has 0 bridgehead atoms. The quantitative estimate of drug-likeness (QED) is 0.842. The van der Waals surface area contributed by atoms with Crippen molar-refractivity contribution in [2.75, 3.05) is 30.3 Å². The molecule has 3 N–H and O–H groups in total. The molecule has 0 radical (unpaired) electrons. The highest BCUT2D eigenvalue weighted by atomic mass is 32.1. The number of carbonyl (C=O) groups excluding carboxylic acids is 1. The minimum absolute atomic E-state index is 0.194. The molecule has 1 saturated carbocycles. The van der Waals surface area contributed by atoms with Crippen molar-refractivity contribution in [1.82, 2.24) is 5.32 Å². The summed E-state index contributed by atoms with van der Waals surface area (Å²) in [7, 11) is 0. The van der Waals surface area contributed by atoms with E-state index in [4.69, 9.17) is 5.73 Å². The number of carbonyl (C=O) groups is 1. The van der Waals surface area contributed by atoms with Gasteiger partial charge in [-0.05, 0) is 32.6 Å². The molecule has 1 amide bonds. The van der Waals surface area contributed by atoms with Crippen molar-refractivity contribution in [2.24, 2.45) is 5.92 Å². The van der Waals surface area contributed by atoms with Gasteiger partial charge in [0.25, 0.3) is 5.91 Å². The predicted molar refractivity (Wildman–Crippen MR) is 82.1 cm³/mol. The SMILES string of the molecule is CCNC(=O)c1sc(N(CC)CC2CC2)c(C#N)c1N. The van der Waals surface area contributed by atoms with E-state index in [-0.39, 0.29) is 5.91 Å². The molecule has 2 rings (SSSR count). The molecular formula is C14H20N4OS. The van der Waals surface area contributed by atoms with Crippen molar-refractivity contribution in [3.05, 3.63) is 10.4 Å². The van der Waals surface area contributed by atoms with E-state index in [9.17, 15) is 10.1 Å². The minimum atomic E-state index is -0.194. The molecular weight excluding hydrogens is 272 g/mol. The first-order valence-corrected chi connectivity index (χ1v) is 7.79. The summed E-state index contributed by atoms with van der Waals surface area (Å²) in [6.45, 7) is 6.23. The van der Waals surface area contributed by atoms with Crippen LogP contribution in [-0.4, -0.2) is 25.5 Å². The van der Waals surface area contributed by atoms with Gasteiger partial charge in [0.15, 0.2) is 0 Å². The molecule has 1 fully saturated rings. The monoisotopic (exact) mass is 292 g/mol. The van der Waals surface area contributed by atoms with Crippen molar-refractivity contribution in [1.29, 1.82) is 5.26 Å². The van der Waals surface area contributed by atoms with E-state index >= 15 is 0 Å². The number of hydrogen-bond acceptors (Lipinski definition) is 5. The molecule has 0 saturated heterocycles. The van der Waals surface area contributed by atoms with Gasteiger partial charge < -0.3 is 16.0 Å². The summed E-state index contributed by atoms with van der Waals surface area (Å²) in [5, 5.41) is 12.9. The standard InChI is InChI=1S/C14H20N4OS/c1-3-17-13(19)12-11(16)10(7-15)14(20-12)18(4-2)8-9-5-6-9/h9H,3-6,8,16H2,1-2H3,(H,17,19). The Kier molecular flexibility index (Phi) is 4.50. The lowest BCUT2D eigenvalue weighted by Crippen LogP contribution is -2.25. The highest BCUT2D eigenvalue weighted by Crippen LogP contribution is 2.40. The van der Waals surface area contributed by atoms with Gasteiger partial charge in [-0.3, -0.25) is 4.79 Å². The van der Waals surface area contributed by atoms with E-state index in [0.717, 1.165) is 24.0 Å². The number of nitrogens with one attached hydrogen (secondary N) is 1. The number of nitrogens with zero attached hydrogens (tertiary/aromatic N) is 2. The van der Waals surface area contributed by atoms with Crippen LogP contribution in [0.3, 0.4) is 0 Å². The second-order valence-corrected chi connectivity index (χ2v) is 5.98. The average molecular weight is 292 g/mol. The Morgan fingerprint density at radius 2 is 2.25 bits per heavy atom. The minimum Gasteiger partial charge on any atom is -0.396 e. The Morgan fingerprint density at radius 1 is 1.55 bits per heavy atom. The smallest absolute Gasteiger partial charge is 0.263 e. The van der Waals surface area contributed by atoms with Crippen molar-refractivity contribution in [3.8, 4) is 6.07 Å². The number of nitrogens with two attached hydrogens (primary N) is 1. The molecule has 0 atom stereocenters. The van der Waals surface area contributed by atoms with Crippen LogP contribution in [0, 0.1) is 17.2 Å². The molecule has 0 aliphatic heterocycles. The summed E-state index contributed by atoms with van der Waals surface area (Å²) >= 11 is 1.33. The van der Waals surface area contributed by atoms with Gasteiger partial charge in [-0.1, -0.05) is 0 Å². The van der Waals surface area contributed by atoms with Crippen LogP contribution in [0.4, 0.5) is 10.7 Å². The Morgan fingerprint density at radius 3 is 2.75 bits per heavy atom. The molecule has 1 aliphatic carbocycles. The van der Waals surface area contributed by atoms with Gasteiger partial charge in [-0.2, -0.15) is 5.26 Å². The Bertz CT molecular complexity index is 542. The summed E-state index contributed by atoms with van der Waals surface area (Å²) < 4.78 is 0. The second kappa shape index (κ2) is 6.14. The van der Waals surface area contributed by atoms with Crippen LogP contribution >= 0.6 is 11.3 Å². The summed E-state index contributed by atoms with van der Waals surface area (Å²) in [5.41, 5.74) is 6.74. The van der Waals surface area contributed by atoms with Gasteiger partial charge in [0, 0.05) is 19.6 Å². The second-order valence-electron chi connectivity index (χ2n) is 4.98. The summed E-state index contributed by atoms with van der Waals surface area (Å²) in [6, 6.07) is 2.15. The molecule has 1 aromatic heterocycles. The largest absolute Gasteiger partial charge is 0.396 e. The van der Waals surface area contributed by atoms with Gasteiger partial charge in [0.1, 0.15) is 21.5 Å². The van der Waals surface area contributed by atoms with Crippen molar-refractivity contribution in [3.63, 3.8) is 0 Å². The summed E-state index contributed by atoms with van der Waals surface area (Å²) in [5.74, 6) is 0.526. The Balaban J connectivity index is 2.33. The zero-order valence-electron chi connectivity index (χ0n) is 11.9.